The lowest BCUT2D eigenvalue weighted by molar-refractivity contribution is -0.137. The van der Waals surface area contributed by atoms with Crippen molar-refractivity contribution in [2.75, 3.05) is 45.1 Å². The van der Waals surface area contributed by atoms with Crippen LogP contribution in [-0.4, -0.2) is 101 Å². The molecule has 0 unspecified atom stereocenters. The first-order valence-corrected chi connectivity index (χ1v) is 12.6. The Morgan fingerprint density at radius 2 is 1.06 bits per heavy atom. The van der Waals surface area contributed by atoms with Gasteiger partial charge in [0, 0.05) is 55.6 Å². The minimum absolute atomic E-state index is 0.131. The third-order valence-corrected chi connectivity index (χ3v) is 5.32. The van der Waals surface area contributed by atoms with Gasteiger partial charge in [-0.25, -0.2) is 0 Å². The van der Waals surface area contributed by atoms with Crippen LogP contribution in [0.3, 0.4) is 0 Å². The third-order valence-electron chi connectivity index (χ3n) is 5.10. The van der Waals surface area contributed by atoms with Gasteiger partial charge < -0.3 is 41.7 Å². The van der Waals surface area contributed by atoms with Crippen molar-refractivity contribution in [2.24, 2.45) is 10.8 Å². The molecule has 0 rings (SSSR count). The summed E-state index contributed by atoms with van der Waals surface area (Å²) in [6.07, 6.45) is -1.41. The van der Waals surface area contributed by atoms with Gasteiger partial charge in [-0.3, -0.25) is 19.2 Å². The van der Waals surface area contributed by atoms with E-state index in [0.29, 0.717) is 18.8 Å². The van der Waals surface area contributed by atoms with E-state index in [1.807, 2.05) is 6.92 Å². The largest absolute Gasteiger partial charge is 0.396 e. The molecule has 0 aliphatic rings. The Balaban J connectivity index is 0. The molecule has 0 aromatic heterocycles. The first-order valence-electron chi connectivity index (χ1n) is 12.0. The Labute approximate surface area is 219 Å². The summed E-state index contributed by atoms with van der Waals surface area (Å²) in [6.45, 7) is 9.12. The van der Waals surface area contributed by atoms with Crippen LogP contribution in [-0.2, 0) is 19.2 Å². The molecule has 0 aromatic carbocycles. The predicted molar refractivity (Wildman–Crippen MR) is 139 cm³/mol. The lowest BCUT2D eigenvalue weighted by atomic mass is 9.87. The summed E-state index contributed by atoms with van der Waals surface area (Å²) >= 11 is 3.95. The van der Waals surface area contributed by atoms with Crippen LogP contribution in [0.15, 0.2) is 0 Å². The van der Waals surface area contributed by atoms with Crippen LogP contribution in [0.4, 0.5) is 0 Å². The molecule has 13 heteroatoms. The molecule has 0 radical (unpaired) electrons. The van der Waals surface area contributed by atoms with Gasteiger partial charge in [0.05, 0.1) is 13.2 Å². The number of rotatable bonds is 16. The first-order chi connectivity index (χ1) is 16.7. The van der Waals surface area contributed by atoms with Crippen molar-refractivity contribution in [3.63, 3.8) is 0 Å². The minimum atomic E-state index is -1.30. The molecule has 0 aliphatic heterocycles. The average molecular weight is 539 g/mol. The number of aliphatic hydroxyl groups excluding tert-OH is 4. The van der Waals surface area contributed by atoms with Gasteiger partial charge in [-0.05, 0) is 6.42 Å². The molecule has 0 aliphatic carbocycles. The Bertz CT molecular complexity index is 620. The molecule has 36 heavy (non-hydrogen) atoms. The molecule has 0 fully saturated rings. The standard InChI is InChI=1S/C12H24N2O4.C11H22N2O4S/c1-4-6-13-9(16)5-7-14-11(18)10(17)12(2,3)8-15;1-11(2,7-14)9(16)10(17)13-4-3-8(15)12-5-6-18/h10,15,17H,4-8H2,1-3H3,(H,13,16)(H,14,18);9,14,16,18H,3-7H2,1-2H3,(H,12,15)(H,13,17)/t10-;9-/m10/s1. The molecule has 2 atom stereocenters. The number of hydrogen-bond acceptors (Lipinski definition) is 9. The summed E-state index contributed by atoms with van der Waals surface area (Å²) in [5, 5.41) is 47.6. The van der Waals surface area contributed by atoms with Crippen LogP contribution in [0.1, 0.15) is 53.9 Å². The molecular weight excluding hydrogens is 492 g/mol. The van der Waals surface area contributed by atoms with Gasteiger partial charge in [0.2, 0.25) is 23.6 Å². The van der Waals surface area contributed by atoms with E-state index in [9.17, 15) is 29.4 Å². The smallest absolute Gasteiger partial charge is 0.249 e. The molecular formula is C23H46N4O8S. The minimum Gasteiger partial charge on any atom is -0.396 e. The van der Waals surface area contributed by atoms with Gasteiger partial charge in [0.25, 0.3) is 0 Å². The Hall–Kier alpha value is -1.93. The summed E-state index contributed by atoms with van der Waals surface area (Å²) in [4.78, 5) is 45.5. The van der Waals surface area contributed by atoms with E-state index in [2.05, 4.69) is 33.9 Å². The summed E-state index contributed by atoms with van der Waals surface area (Å²) < 4.78 is 0. The molecule has 4 amide bonds. The lowest BCUT2D eigenvalue weighted by Crippen LogP contribution is -2.46. The van der Waals surface area contributed by atoms with Crippen molar-refractivity contribution in [3.8, 4) is 0 Å². The quantitative estimate of drug-likeness (QED) is 0.104. The van der Waals surface area contributed by atoms with Crippen LogP contribution < -0.4 is 21.3 Å². The van der Waals surface area contributed by atoms with E-state index in [0.717, 1.165) is 6.42 Å². The number of nitrogens with one attached hydrogen (secondary N) is 4. The summed E-state index contributed by atoms with van der Waals surface area (Å²) in [5.41, 5.74) is -1.80. The SMILES string of the molecule is CC(C)(CO)[C@@H](O)C(=O)NCCC(=O)NCCS.CCCNC(=O)CCNC(=O)[C@@H](O)C(C)(C)CO. The number of aliphatic hydroxyl groups is 4. The molecule has 0 spiro atoms. The van der Waals surface area contributed by atoms with E-state index < -0.39 is 34.9 Å². The maximum absolute atomic E-state index is 11.5. The maximum Gasteiger partial charge on any atom is 0.249 e. The van der Waals surface area contributed by atoms with Crippen molar-refractivity contribution in [1.29, 1.82) is 0 Å². The van der Waals surface area contributed by atoms with Crippen LogP contribution in [0.5, 0.6) is 0 Å². The maximum atomic E-state index is 11.5. The highest BCUT2D eigenvalue weighted by Crippen LogP contribution is 2.20. The molecule has 212 valence electrons. The van der Waals surface area contributed by atoms with Crippen molar-refractivity contribution < 1.29 is 39.6 Å². The number of amides is 4. The normalized spacial score (nSPS) is 12.9. The number of carbonyl (C=O) groups excluding carboxylic acids is 4. The summed E-state index contributed by atoms with van der Waals surface area (Å²) in [7, 11) is 0. The third kappa shape index (κ3) is 15.9. The highest BCUT2D eigenvalue weighted by Gasteiger charge is 2.33. The van der Waals surface area contributed by atoms with Gasteiger partial charge in [-0.1, -0.05) is 34.6 Å². The Morgan fingerprint density at radius 3 is 1.36 bits per heavy atom. The fraction of sp³-hybridized carbons (Fsp3) is 0.826. The number of carbonyl (C=O) groups is 4. The van der Waals surface area contributed by atoms with Gasteiger partial charge in [0.1, 0.15) is 12.2 Å². The van der Waals surface area contributed by atoms with Crippen LogP contribution in [0, 0.1) is 10.8 Å². The van der Waals surface area contributed by atoms with E-state index in [1.54, 1.807) is 27.7 Å². The van der Waals surface area contributed by atoms with Crippen molar-refractivity contribution in [1.82, 2.24) is 21.3 Å². The van der Waals surface area contributed by atoms with Crippen molar-refractivity contribution >= 4 is 36.3 Å². The molecule has 0 saturated heterocycles. The van der Waals surface area contributed by atoms with Crippen LogP contribution in [0.25, 0.3) is 0 Å². The zero-order valence-corrected chi connectivity index (χ0v) is 23.0. The van der Waals surface area contributed by atoms with Crippen LogP contribution in [0.2, 0.25) is 0 Å². The van der Waals surface area contributed by atoms with E-state index in [4.69, 9.17) is 10.2 Å². The molecule has 8 N–H and O–H groups in total. The van der Waals surface area contributed by atoms with Crippen LogP contribution >= 0.6 is 12.6 Å². The Kier molecular flexibility index (Phi) is 19.3. The summed E-state index contributed by atoms with van der Waals surface area (Å²) in [5.74, 6) is -0.914. The molecule has 0 bridgehead atoms. The highest BCUT2D eigenvalue weighted by molar-refractivity contribution is 7.80. The van der Waals surface area contributed by atoms with E-state index >= 15 is 0 Å². The van der Waals surface area contributed by atoms with Gasteiger partial charge in [-0.15, -0.1) is 0 Å². The second-order valence-corrected chi connectivity index (χ2v) is 10.1. The second-order valence-electron chi connectivity index (χ2n) is 9.60. The zero-order chi connectivity index (χ0) is 28.4. The predicted octanol–water partition coefficient (Wildman–Crippen LogP) is -1.68. The van der Waals surface area contributed by atoms with Crippen molar-refractivity contribution in [2.45, 2.75) is 66.1 Å². The fourth-order valence-corrected chi connectivity index (χ4v) is 2.42. The molecule has 0 saturated carbocycles. The topological polar surface area (TPSA) is 197 Å². The van der Waals surface area contributed by atoms with Crippen molar-refractivity contribution in [3.05, 3.63) is 0 Å². The second kappa shape index (κ2) is 19.2. The highest BCUT2D eigenvalue weighted by atomic mass is 32.1. The summed E-state index contributed by atoms with van der Waals surface area (Å²) in [6, 6.07) is 0. The van der Waals surface area contributed by atoms with Gasteiger partial charge >= 0.3 is 0 Å². The molecule has 0 heterocycles. The molecule has 0 aromatic rings. The van der Waals surface area contributed by atoms with E-state index in [1.165, 1.54) is 0 Å². The fourth-order valence-electron chi connectivity index (χ4n) is 2.31. The average Bonchev–Trinajstić information content (AvgIpc) is 2.85. The number of hydrogen-bond donors (Lipinski definition) is 9. The Morgan fingerprint density at radius 1 is 0.694 bits per heavy atom. The van der Waals surface area contributed by atoms with Gasteiger partial charge in [0.15, 0.2) is 0 Å². The molecule has 12 nitrogen and oxygen atoms in total. The number of thiol groups is 1. The van der Waals surface area contributed by atoms with E-state index in [-0.39, 0.29) is 51.0 Å². The lowest BCUT2D eigenvalue weighted by Gasteiger charge is -2.27. The zero-order valence-electron chi connectivity index (χ0n) is 22.1. The van der Waals surface area contributed by atoms with Gasteiger partial charge in [-0.2, -0.15) is 12.6 Å². The monoisotopic (exact) mass is 538 g/mol. The first kappa shape index (κ1) is 36.2.